The second-order valence-electron chi connectivity index (χ2n) is 5.29. The third-order valence-corrected chi connectivity index (χ3v) is 4.73. The average Bonchev–Trinajstić information content (AvgIpc) is 3.08. The van der Waals surface area contributed by atoms with Gasteiger partial charge in [0.1, 0.15) is 6.17 Å². The number of hydrogen-bond donors (Lipinski definition) is 5. The topological polar surface area (TPSA) is 132 Å². The van der Waals surface area contributed by atoms with Gasteiger partial charge in [0.2, 0.25) is 10.0 Å². The Labute approximate surface area is 139 Å². The van der Waals surface area contributed by atoms with Crippen LogP contribution in [0.1, 0.15) is 28.4 Å². The number of rotatable bonds is 4. The van der Waals surface area contributed by atoms with Gasteiger partial charge in [-0.3, -0.25) is 0 Å². The van der Waals surface area contributed by atoms with Crippen molar-refractivity contribution in [1.29, 1.82) is 5.26 Å². The molecule has 9 heteroatoms. The predicted molar refractivity (Wildman–Crippen MR) is 87.1 cm³/mol. The Morgan fingerprint density at radius 2 is 1.71 bits per heavy atom. The Balaban J connectivity index is 2.12. The highest BCUT2D eigenvalue weighted by Gasteiger charge is 2.26. The molecular weight excluding hydrogens is 328 g/mol. The summed E-state index contributed by atoms with van der Waals surface area (Å²) >= 11 is 0. The summed E-state index contributed by atoms with van der Waals surface area (Å²) < 4.78 is 23.9. The molecule has 6 N–H and O–H groups in total. The molecule has 124 valence electrons. The molecule has 0 atom stereocenters. The minimum Gasteiger partial charge on any atom is -0.225 e. The molecule has 0 radical (unpaired) electrons. The number of nitrogens with two attached hydrogens (primary N) is 1. The van der Waals surface area contributed by atoms with Crippen LogP contribution in [0, 0.1) is 11.3 Å². The zero-order valence-electron chi connectivity index (χ0n) is 12.6. The fourth-order valence-corrected chi connectivity index (χ4v) is 3.53. The average molecular weight is 344 g/mol. The van der Waals surface area contributed by atoms with E-state index < -0.39 is 16.2 Å². The van der Waals surface area contributed by atoms with Crippen LogP contribution in [0.2, 0.25) is 0 Å². The second kappa shape index (κ2) is 6.66. The summed E-state index contributed by atoms with van der Waals surface area (Å²) in [4.78, 5) is 0.0324. The van der Waals surface area contributed by atoms with Gasteiger partial charge in [-0.1, -0.05) is 30.3 Å². The maximum Gasteiger partial charge on any atom is 0.238 e. The van der Waals surface area contributed by atoms with Crippen molar-refractivity contribution < 1.29 is 8.42 Å². The number of sulfonamides is 1. The van der Waals surface area contributed by atoms with E-state index in [1.165, 1.54) is 6.07 Å². The minimum atomic E-state index is -3.90. The van der Waals surface area contributed by atoms with Crippen molar-refractivity contribution in [3.8, 4) is 6.07 Å². The lowest BCUT2D eigenvalue weighted by Crippen LogP contribution is -2.33. The van der Waals surface area contributed by atoms with E-state index in [4.69, 9.17) is 5.14 Å². The van der Waals surface area contributed by atoms with Gasteiger partial charge >= 0.3 is 0 Å². The molecule has 3 rings (SSSR count). The Bertz CT molecular complexity index is 900. The Morgan fingerprint density at radius 3 is 2.38 bits per heavy atom. The smallest absolute Gasteiger partial charge is 0.225 e. The number of nitrogens with one attached hydrogen (secondary N) is 4. The fourth-order valence-electron chi connectivity index (χ4n) is 2.71. The molecule has 1 aliphatic heterocycles. The minimum absolute atomic E-state index is 0.0324. The monoisotopic (exact) mass is 344 g/mol. The largest absolute Gasteiger partial charge is 0.238 e. The van der Waals surface area contributed by atoms with Gasteiger partial charge in [-0.25, -0.2) is 24.4 Å². The molecule has 1 saturated heterocycles. The molecule has 0 spiro atoms. The SMILES string of the molecule is N#Cc1ccccc1Cc1cccc(S(N)(=O)=O)c1C1NNNN1. The molecule has 0 unspecified atom stereocenters. The van der Waals surface area contributed by atoms with Crippen LogP contribution < -0.4 is 27.1 Å². The predicted octanol–water partition coefficient (Wildman–Crippen LogP) is -0.0879. The van der Waals surface area contributed by atoms with E-state index in [0.717, 1.165) is 11.1 Å². The number of hydrogen-bond acceptors (Lipinski definition) is 7. The first-order valence-electron chi connectivity index (χ1n) is 7.14. The van der Waals surface area contributed by atoms with Crippen LogP contribution in [0.25, 0.3) is 0 Å². The summed E-state index contributed by atoms with van der Waals surface area (Å²) in [6.45, 7) is 0. The molecule has 8 nitrogen and oxygen atoms in total. The zero-order chi connectivity index (χ0) is 17.2. The third kappa shape index (κ3) is 3.29. The van der Waals surface area contributed by atoms with E-state index in [9.17, 15) is 13.7 Å². The van der Waals surface area contributed by atoms with Crippen molar-refractivity contribution in [1.82, 2.24) is 21.9 Å². The Morgan fingerprint density at radius 1 is 1.04 bits per heavy atom. The number of primary sulfonamides is 1. The molecular formula is C15H16N6O2S. The summed E-state index contributed by atoms with van der Waals surface area (Å²) in [5, 5.41) is 14.6. The van der Waals surface area contributed by atoms with Gasteiger partial charge in [0.05, 0.1) is 16.5 Å². The van der Waals surface area contributed by atoms with E-state index in [1.54, 1.807) is 18.2 Å². The molecule has 0 bridgehead atoms. The van der Waals surface area contributed by atoms with E-state index in [2.05, 4.69) is 28.0 Å². The number of nitrogens with zero attached hydrogens (tertiary/aromatic N) is 1. The maximum absolute atomic E-state index is 12.0. The third-order valence-electron chi connectivity index (χ3n) is 3.77. The van der Waals surface area contributed by atoms with Gasteiger partial charge in [0.15, 0.2) is 0 Å². The van der Waals surface area contributed by atoms with Gasteiger partial charge in [-0.05, 0) is 29.7 Å². The molecule has 1 fully saturated rings. The van der Waals surface area contributed by atoms with E-state index in [-0.39, 0.29) is 4.90 Å². The fraction of sp³-hybridized carbons (Fsp3) is 0.133. The number of benzene rings is 2. The zero-order valence-corrected chi connectivity index (χ0v) is 13.4. The standard InChI is InChI=1S/C15H16N6O2S/c16-9-12-5-2-1-4-10(12)8-11-6-3-7-13(24(17,22)23)14(11)15-18-20-21-19-15/h1-7,15,18-21H,8H2,(H2,17,22,23). The number of nitriles is 1. The lowest BCUT2D eigenvalue weighted by Gasteiger charge is -2.18. The molecule has 24 heavy (non-hydrogen) atoms. The first-order valence-corrected chi connectivity index (χ1v) is 8.69. The van der Waals surface area contributed by atoms with Gasteiger partial charge < -0.3 is 0 Å². The molecule has 1 aliphatic rings. The molecule has 1 heterocycles. The lowest BCUT2D eigenvalue weighted by atomic mass is 9.95. The highest BCUT2D eigenvalue weighted by Crippen LogP contribution is 2.27. The quantitative estimate of drug-likeness (QED) is 0.524. The summed E-state index contributed by atoms with van der Waals surface area (Å²) in [5.74, 6) is 0. The van der Waals surface area contributed by atoms with Crippen LogP contribution in [-0.4, -0.2) is 8.42 Å². The molecule has 0 saturated carbocycles. The highest BCUT2D eigenvalue weighted by atomic mass is 32.2. The van der Waals surface area contributed by atoms with Crippen LogP contribution >= 0.6 is 0 Å². The highest BCUT2D eigenvalue weighted by molar-refractivity contribution is 7.89. The molecule has 0 aliphatic carbocycles. The van der Waals surface area contributed by atoms with Crippen molar-refractivity contribution >= 4 is 10.0 Å². The summed E-state index contributed by atoms with van der Waals surface area (Å²) in [6.07, 6.45) is -0.0915. The normalized spacial score (nSPS) is 15.3. The number of hydrazine groups is 3. The van der Waals surface area contributed by atoms with E-state index >= 15 is 0 Å². The second-order valence-corrected chi connectivity index (χ2v) is 6.82. The van der Waals surface area contributed by atoms with Crippen molar-refractivity contribution in [3.63, 3.8) is 0 Å². The molecule has 2 aromatic rings. The first-order chi connectivity index (χ1) is 11.5. The van der Waals surface area contributed by atoms with Gasteiger partial charge in [-0.15, -0.1) is 0 Å². The summed E-state index contributed by atoms with van der Waals surface area (Å²) in [7, 11) is -3.90. The first kappa shape index (κ1) is 16.5. The molecule has 0 amide bonds. The van der Waals surface area contributed by atoms with Gasteiger partial charge in [0.25, 0.3) is 0 Å². The molecule has 2 aromatic carbocycles. The Hall–Kier alpha value is -2.32. The van der Waals surface area contributed by atoms with E-state index in [0.29, 0.717) is 17.5 Å². The molecule has 0 aromatic heterocycles. The van der Waals surface area contributed by atoms with Crippen molar-refractivity contribution in [3.05, 3.63) is 64.7 Å². The van der Waals surface area contributed by atoms with Crippen molar-refractivity contribution in [2.45, 2.75) is 17.5 Å². The van der Waals surface area contributed by atoms with Gasteiger partial charge in [0, 0.05) is 5.56 Å². The van der Waals surface area contributed by atoms with Gasteiger partial charge in [-0.2, -0.15) is 16.3 Å². The summed E-state index contributed by atoms with van der Waals surface area (Å²) in [6, 6.07) is 14.3. The van der Waals surface area contributed by atoms with Crippen LogP contribution in [0.5, 0.6) is 0 Å². The van der Waals surface area contributed by atoms with Crippen molar-refractivity contribution in [2.24, 2.45) is 5.14 Å². The van der Waals surface area contributed by atoms with Crippen LogP contribution in [-0.2, 0) is 16.4 Å². The van der Waals surface area contributed by atoms with Crippen LogP contribution in [0.3, 0.4) is 0 Å². The van der Waals surface area contributed by atoms with Crippen LogP contribution in [0.4, 0.5) is 0 Å². The van der Waals surface area contributed by atoms with Crippen LogP contribution in [0.15, 0.2) is 47.4 Å². The van der Waals surface area contributed by atoms with E-state index in [1.807, 2.05) is 18.2 Å². The Kier molecular flexibility index (Phi) is 4.59. The van der Waals surface area contributed by atoms with Crippen molar-refractivity contribution in [2.75, 3.05) is 0 Å². The summed E-state index contributed by atoms with van der Waals surface area (Å²) in [5.41, 5.74) is 13.7. The lowest BCUT2D eigenvalue weighted by molar-refractivity contribution is 0.535. The maximum atomic E-state index is 12.0.